The summed E-state index contributed by atoms with van der Waals surface area (Å²) in [6.45, 7) is 1.96. The van der Waals surface area contributed by atoms with Crippen LogP contribution in [0.25, 0.3) is 0 Å². The number of nitrogens with zero attached hydrogens (tertiary/aromatic N) is 2. The van der Waals surface area contributed by atoms with Crippen molar-refractivity contribution in [3.05, 3.63) is 88.4 Å². The summed E-state index contributed by atoms with van der Waals surface area (Å²) in [6.07, 6.45) is -0.919. The summed E-state index contributed by atoms with van der Waals surface area (Å²) in [6, 6.07) is 21.9. The first-order valence-electron chi connectivity index (χ1n) is 10.3. The molecule has 162 valence electrons. The Morgan fingerprint density at radius 3 is 2.31 bits per heavy atom. The van der Waals surface area contributed by atoms with Gasteiger partial charge in [0.1, 0.15) is 11.7 Å². The molecule has 0 saturated carbocycles. The van der Waals surface area contributed by atoms with Crippen LogP contribution < -0.4 is 14.7 Å². The van der Waals surface area contributed by atoms with Crippen LogP contribution >= 0.6 is 15.9 Å². The van der Waals surface area contributed by atoms with E-state index in [1.807, 2.05) is 67.6 Å². The molecule has 2 saturated heterocycles. The Kier molecular flexibility index (Phi) is 5.23. The lowest BCUT2D eigenvalue weighted by Gasteiger charge is -2.29. The molecule has 2 aliphatic heterocycles. The van der Waals surface area contributed by atoms with E-state index in [0.717, 1.165) is 21.3 Å². The van der Waals surface area contributed by atoms with Crippen LogP contribution in [0.15, 0.2) is 77.3 Å². The number of hydrogen-bond acceptors (Lipinski definition) is 5. The minimum Gasteiger partial charge on any atom is -0.496 e. The average Bonchev–Trinajstić information content (AvgIpc) is 3.31. The minimum atomic E-state index is -0.919. The van der Waals surface area contributed by atoms with Gasteiger partial charge in [-0.15, -0.1) is 0 Å². The maximum atomic E-state index is 13.7. The largest absolute Gasteiger partial charge is 0.496 e. The molecule has 0 bridgehead atoms. The van der Waals surface area contributed by atoms with E-state index in [9.17, 15) is 9.59 Å². The molecule has 32 heavy (non-hydrogen) atoms. The number of amides is 2. The SMILES string of the molecule is COc1ccc(Br)cc1[C@@H]1[C@@H]2C(=O)N(c3ccc(C)cc3)C(=O)[C@H]2ON1c1ccccc1. The van der Waals surface area contributed by atoms with Crippen molar-refractivity contribution in [2.24, 2.45) is 5.92 Å². The maximum Gasteiger partial charge on any atom is 0.266 e. The number of methoxy groups -OCH3 is 1. The van der Waals surface area contributed by atoms with Crippen molar-refractivity contribution >= 4 is 39.1 Å². The fourth-order valence-corrected chi connectivity index (χ4v) is 4.79. The van der Waals surface area contributed by atoms with Crippen LogP contribution in [0.5, 0.6) is 5.75 Å². The molecule has 0 spiro atoms. The van der Waals surface area contributed by atoms with Gasteiger partial charge in [0, 0.05) is 10.0 Å². The van der Waals surface area contributed by atoms with Crippen LogP contribution in [-0.4, -0.2) is 25.0 Å². The van der Waals surface area contributed by atoms with E-state index in [1.165, 1.54) is 4.90 Å². The summed E-state index contributed by atoms with van der Waals surface area (Å²) in [7, 11) is 1.59. The van der Waals surface area contributed by atoms with Crippen LogP contribution in [0.4, 0.5) is 11.4 Å². The molecule has 3 aromatic rings. The summed E-state index contributed by atoms with van der Waals surface area (Å²) in [4.78, 5) is 34.5. The van der Waals surface area contributed by atoms with Gasteiger partial charge in [-0.2, -0.15) is 0 Å². The molecule has 0 N–H and O–H groups in total. The fraction of sp³-hybridized carbons (Fsp3) is 0.200. The quantitative estimate of drug-likeness (QED) is 0.488. The third kappa shape index (κ3) is 3.29. The predicted octanol–water partition coefficient (Wildman–Crippen LogP) is 4.82. The number of para-hydroxylation sites is 1. The number of imide groups is 1. The summed E-state index contributed by atoms with van der Waals surface area (Å²) >= 11 is 3.53. The number of hydrogen-bond donors (Lipinski definition) is 0. The van der Waals surface area contributed by atoms with Crippen molar-refractivity contribution in [1.29, 1.82) is 0 Å². The summed E-state index contributed by atoms with van der Waals surface area (Å²) in [5.41, 5.74) is 3.13. The smallest absolute Gasteiger partial charge is 0.266 e. The van der Waals surface area contributed by atoms with Crippen LogP contribution in [-0.2, 0) is 14.4 Å². The van der Waals surface area contributed by atoms with Gasteiger partial charge in [0.05, 0.1) is 24.5 Å². The van der Waals surface area contributed by atoms with E-state index in [2.05, 4.69) is 15.9 Å². The molecule has 2 amide bonds. The topological polar surface area (TPSA) is 59.1 Å². The van der Waals surface area contributed by atoms with Crippen LogP contribution in [0.1, 0.15) is 17.2 Å². The van der Waals surface area contributed by atoms with Crippen LogP contribution in [0.2, 0.25) is 0 Å². The van der Waals surface area contributed by atoms with Gasteiger partial charge in [0.25, 0.3) is 5.91 Å². The Bertz CT molecular complexity index is 1180. The lowest BCUT2D eigenvalue weighted by atomic mass is 9.90. The molecule has 7 heteroatoms. The molecule has 2 aliphatic rings. The van der Waals surface area contributed by atoms with Crippen LogP contribution in [0.3, 0.4) is 0 Å². The van der Waals surface area contributed by atoms with E-state index in [1.54, 1.807) is 24.3 Å². The van der Waals surface area contributed by atoms with Crippen molar-refractivity contribution in [3.63, 3.8) is 0 Å². The Hall–Kier alpha value is -3.16. The number of hydroxylamine groups is 1. The normalized spacial score (nSPS) is 22.4. The van der Waals surface area contributed by atoms with Crippen molar-refractivity contribution in [2.75, 3.05) is 17.1 Å². The number of carbonyl (C=O) groups excluding carboxylic acids is 2. The fourth-order valence-electron chi connectivity index (χ4n) is 4.41. The first-order chi connectivity index (χ1) is 15.5. The Labute approximate surface area is 194 Å². The molecular formula is C25H21BrN2O4. The van der Waals surface area contributed by atoms with Gasteiger partial charge in [-0.25, -0.2) is 9.96 Å². The van der Waals surface area contributed by atoms with Crippen molar-refractivity contribution in [2.45, 2.75) is 19.1 Å². The molecule has 3 atom stereocenters. The summed E-state index contributed by atoms with van der Waals surface area (Å²) in [5, 5.41) is 1.67. The molecule has 6 nitrogen and oxygen atoms in total. The zero-order chi connectivity index (χ0) is 22.4. The second kappa shape index (κ2) is 8.07. The third-order valence-electron chi connectivity index (χ3n) is 5.93. The molecule has 5 rings (SSSR count). The van der Waals surface area contributed by atoms with E-state index >= 15 is 0 Å². The maximum absolute atomic E-state index is 13.7. The van der Waals surface area contributed by atoms with Gasteiger partial charge in [0.15, 0.2) is 6.10 Å². The Morgan fingerprint density at radius 2 is 1.62 bits per heavy atom. The number of benzene rings is 3. The number of aryl methyl sites for hydroxylation is 1. The highest BCUT2D eigenvalue weighted by Gasteiger charge is 2.60. The number of fused-ring (bicyclic) bond motifs is 1. The molecule has 3 aromatic carbocycles. The second-order valence-electron chi connectivity index (χ2n) is 7.89. The van der Waals surface area contributed by atoms with E-state index in [-0.39, 0.29) is 11.8 Å². The number of halogens is 1. The van der Waals surface area contributed by atoms with Gasteiger partial charge >= 0.3 is 0 Å². The van der Waals surface area contributed by atoms with Crippen molar-refractivity contribution in [1.82, 2.24) is 0 Å². The molecule has 0 aromatic heterocycles. The van der Waals surface area contributed by atoms with E-state index < -0.39 is 18.1 Å². The highest BCUT2D eigenvalue weighted by molar-refractivity contribution is 9.10. The van der Waals surface area contributed by atoms with E-state index in [4.69, 9.17) is 9.57 Å². The lowest BCUT2D eigenvalue weighted by Crippen LogP contribution is -2.37. The third-order valence-corrected chi connectivity index (χ3v) is 6.42. The highest BCUT2D eigenvalue weighted by Crippen LogP contribution is 2.49. The monoisotopic (exact) mass is 492 g/mol. The van der Waals surface area contributed by atoms with E-state index in [0.29, 0.717) is 11.4 Å². The molecule has 2 heterocycles. The summed E-state index contributed by atoms with van der Waals surface area (Å²) < 4.78 is 6.46. The number of ether oxygens (including phenoxy) is 1. The molecule has 0 unspecified atom stereocenters. The average molecular weight is 493 g/mol. The first kappa shape index (κ1) is 20.7. The molecule has 2 fully saturated rings. The first-order valence-corrected chi connectivity index (χ1v) is 11.1. The molecular weight excluding hydrogens is 472 g/mol. The zero-order valence-electron chi connectivity index (χ0n) is 17.6. The number of carbonyl (C=O) groups is 2. The Balaban J connectivity index is 1.63. The predicted molar refractivity (Wildman–Crippen MR) is 124 cm³/mol. The minimum absolute atomic E-state index is 0.283. The van der Waals surface area contributed by atoms with Gasteiger partial charge < -0.3 is 4.74 Å². The van der Waals surface area contributed by atoms with Crippen molar-refractivity contribution in [3.8, 4) is 5.75 Å². The van der Waals surface area contributed by atoms with Gasteiger partial charge in [0.2, 0.25) is 5.91 Å². The molecule has 0 radical (unpaired) electrons. The highest BCUT2D eigenvalue weighted by atomic mass is 79.9. The van der Waals surface area contributed by atoms with Crippen molar-refractivity contribution < 1.29 is 19.2 Å². The number of anilines is 2. The second-order valence-corrected chi connectivity index (χ2v) is 8.81. The number of rotatable bonds is 4. The zero-order valence-corrected chi connectivity index (χ0v) is 19.2. The molecule has 0 aliphatic carbocycles. The van der Waals surface area contributed by atoms with Gasteiger partial charge in [-0.05, 0) is 49.4 Å². The van der Waals surface area contributed by atoms with Crippen LogP contribution in [0, 0.1) is 12.8 Å². The Morgan fingerprint density at radius 1 is 0.906 bits per heavy atom. The lowest BCUT2D eigenvalue weighted by molar-refractivity contribution is -0.126. The summed E-state index contributed by atoms with van der Waals surface area (Å²) in [5.74, 6) is -0.736. The van der Waals surface area contributed by atoms with Gasteiger partial charge in [-0.1, -0.05) is 51.8 Å². The standard InChI is InChI=1S/C25H21BrN2O4/c1-15-8-11-17(12-9-15)27-24(29)21-22(19-14-16(26)10-13-20(19)31-2)28(32-23(21)25(27)30)18-6-4-3-5-7-18/h3-14,21-23H,1-2H3/t21-,22+,23-/m0/s1. The van der Waals surface area contributed by atoms with Gasteiger partial charge in [-0.3, -0.25) is 14.4 Å².